The zero-order valence-electron chi connectivity index (χ0n) is 11.9. The summed E-state index contributed by atoms with van der Waals surface area (Å²) in [6, 6.07) is 0. The molecule has 0 aromatic carbocycles. The lowest BCUT2D eigenvalue weighted by atomic mass is 10.1. The number of rotatable bonds is 6. The Bertz CT molecular complexity index is 358. The predicted octanol–water partition coefficient (Wildman–Crippen LogP) is 0.0111. The summed E-state index contributed by atoms with van der Waals surface area (Å²) in [7, 11) is -1.24. The molecule has 0 heterocycles. The van der Waals surface area contributed by atoms with Crippen LogP contribution in [-0.2, 0) is 14.6 Å². The Kier molecular flexibility index (Phi) is 7.23. The Morgan fingerprint density at radius 3 is 2.33 bits per heavy atom. The molecule has 0 aromatic heterocycles. The summed E-state index contributed by atoms with van der Waals surface area (Å²) in [6.45, 7) is 7.39. The molecule has 0 bridgehead atoms. The first kappa shape index (κ1) is 17.2. The second-order valence-electron chi connectivity index (χ2n) is 5.12. The molecule has 18 heavy (non-hydrogen) atoms. The Morgan fingerprint density at radius 1 is 1.28 bits per heavy atom. The van der Waals surface area contributed by atoms with Crippen molar-refractivity contribution in [2.45, 2.75) is 26.3 Å². The maximum atomic E-state index is 10.9. The minimum absolute atomic E-state index is 0.0566. The van der Waals surface area contributed by atoms with E-state index in [2.05, 4.69) is 15.6 Å². The third-order valence-electron chi connectivity index (χ3n) is 1.85. The third-order valence-corrected chi connectivity index (χ3v) is 2.76. The molecule has 0 aromatic rings. The molecule has 0 radical (unpaired) electrons. The van der Waals surface area contributed by atoms with Crippen molar-refractivity contribution in [2.75, 3.05) is 38.8 Å². The lowest BCUT2D eigenvalue weighted by molar-refractivity contribution is 0.154. The smallest absolute Gasteiger partial charge is 0.191 e. The van der Waals surface area contributed by atoms with E-state index in [1.807, 2.05) is 20.8 Å². The minimum Gasteiger partial charge on any atom is -0.379 e. The van der Waals surface area contributed by atoms with Gasteiger partial charge in [0.15, 0.2) is 5.96 Å². The Labute approximate surface area is 110 Å². The van der Waals surface area contributed by atoms with Gasteiger partial charge in [-0.2, -0.15) is 0 Å². The molecule has 0 fully saturated rings. The second-order valence-corrected chi connectivity index (χ2v) is 7.38. The van der Waals surface area contributed by atoms with Gasteiger partial charge in [0.1, 0.15) is 9.84 Å². The first-order valence-corrected chi connectivity index (χ1v) is 7.94. The van der Waals surface area contributed by atoms with Crippen LogP contribution in [0.15, 0.2) is 4.99 Å². The average Bonchev–Trinajstić information content (AvgIpc) is 2.18. The van der Waals surface area contributed by atoms with Crippen LogP contribution in [0.1, 0.15) is 20.8 Å². The van der Waals surface area contributed by atoms with E-state index < -0.39 is 9.84 Å². The van der Waals surface area contributed by atoms with E-state index in [4.69, 9.17) is 4.74 Å². The van der Waals surface area contributed by atoms with Crippen molar-refractivity contribution in [3.8, 4) is 0 Å². The van der Waals surface area contributed by atoms with Crippen LogP contribution in [0.2, 0.25) is 0 Å². The van der Waals surface area contributed by atoms with E-state index in [1.54, 1.807) is 7.05 Å². The fourth-order valence-electron chi connectivity index (χ4n) is 1.09. The molecule has 0 saturated heterocycles. The fourth-order valence-corrected chi connectivity index (χ4v) is 1.51. The van der Waals surface area contributed by atoms with Crippen molar-refractivity contribution in [3.05, 3.63) is 0 Å². The van der Waals surface area contributed by atoms with Gasteiger partial charge in [0.2, 0.25) is 0 Å². The molecule has 6 nitrogen and oxygen atoms in total. The van der Waals surface area contributed by atoms with Crippen molar-refractivity contribution in [3.63, 3.8) is 0 Å². The lowest BCUT2D eigenvalue weighted by Gasteiger charge is -2.23. The van der Waals surface area contributed by atoms with E-state index in [0.29, 0.717) is 19.1 Å². The predicted molar refractivity (Wildman–Crippen MR) is 74.8 cm³/mol. The number of hydrogen-bond donors (Lipinski definition) is 2. The standard InChI is InChI=1S/C11H25N3O3S/c1-11(2,3)14-10(12-4)13-6-7-17-8-9-18(5,15)16/h6-9H2,1-5H3,(H2,12,13,14). The molecule has 0 atom stereocenters. The van der Waals surface area contributed by atoms with Gasteiger partial charge in [0.05, 0.1) is 19.0 Å². The number of sulfone groups is 1. The zero-order chi connectivity index (χ0) is 14.2. The van der Waals surface area contributed by atoms with Crippen LogP contribution in [0.3, 0.4) is 0 Å². The Morgan fingerprint density at radius 2 is 1.89 bits per heavy atom. The molecular formula is C11H25N3O3S. The highest BCUT2D eigenvalue weighted by Gasteiger charge is 2.11. The van der Waals surface area contributed by atoms with E-state index in [9.17, 15) is 8.42 Å². The van der Waals surface area contributed by atoms with E-state index in [-0.39, 0.29) is 17.9 Å². The Hall–Kier alpha value is -0.820. The van der Waals surface area contributed by atoms with Crippen LogP contribution in [-0.4, -0.2) is 58.7 Å². The normalized spacial score (nSPS) is 13.5. The molecule has 0 aliphatic heterocycles. The highest BCUT2D eigenvalue weighted by atomic mass is 32.2. The lowest BCUT2D eigenvalue weighted by Crippen LogP contribution is -2.48. The summed E-state index contributed by atoms with van der Waals surface area (Å²) in [5.74, 6) is 0.760. The van der Waals surface area contributed by atoms with Crippen LogP contribution >= 0.6 is 0 Å². The van der Waals surface area contributed by atoms with Gasteiger partial charge in [0.25, 0.3) is 0 Å². The van der Waals surface area contributed by atoms with Crippen LogP contribution in [0.5, 0.6) is 0 Å². The summed E-state index contributed by atoms with van der Waals surface area (Å²) in [4.78, 5) is 4.07. The molecule has 0 rings (SSSR count). The maximum Gasteiger partial charge on any atom is 0.191 e. The molecular weight excluding hydrogens is 254 g/mol. The molecule has 0 aliphatic carbocycles. The van der Waals surface area contributed by atoms with E-state index in [0.717, 1.165) is 0 Å². The van der Waals surface area contributed by atoms with Crippen molar-refractivity contribution in [1.29, 1.82) is 0 Å². The summed E-state index contributed by atoms with van der Waals surface area (Å²) in [5.41, 5.74) is -0.0566. The number of aliphatic imine (C=N–C) groups is 1. The van der Waals surface area contributed by atoms with Crippen LogP contribution in [0, 0.1) is 0 Å². The zero-order valence-corrected chi connectivity index (χ0v) is 12.7. The maximum absolute atomic E-state index is 10.9. The third kappa shape index (κ3) is 11.7. The highest BCUT2D eigenvalue weighted by Crippen LogP contribution is 1.97. The van der Waals surface area contributed by atoms with Crippen molar-refractivity contribution in [2.24, 2.45) is 4.99 Å². The SMILES string of the molecule is CN=C(NCCOCCS(C)(=O)=O)NC(C)(C)C. The highest BCUT2D eigenvalue weighted by molar-refractivity contribution is 7.90. The number of nitrogens with one attached hydrogen (secondary N) is 2. The number of nitrogens with zero attached hydrogens (tertiary/aromatic N) is 1. The molecule has 7 heteroatoms. The summed E-state index contributed by atoms with van der Waals surface area (Å²) >= 11 is 0. The van der Waals surface area contributed by atoms with Crippen molar-refractivity contribution in [1.82, 2.24) is 10.6 Å². The average molecular weight is 279 g/mol. The number of hydrogen-bond acceptors (Lipinski definition) is 4. The van der Waals surface area contributed by atoms with Gasteiger partial charge in [-0.05, 0) is 20.8 Å². The summed E-state index contributed by atoms with van der Waals surface area (Å²) < 4.78 is 26.9. The molecule has 0 amide bonds. The first-order chi connectivity index (χ1) is 8.14. The number of guanidine groups is 1. The van der Waals surface area contributed by atoms with E-state index in [1.165, 1.54) is 6.26 Å². The van der Waals surface area contributed by atoms with Gasteiger partial charge in [0, 0.05) is 25.4 Å². The van der Waals surface area contributed by atoms with Crippen LogP contribution in [0.25, 0.3) is 0 Å². The Balaban J connectivity index is 3.71. The van der Waals surface area contributed by atoms with Gasteiger partial charge < -0.3 is 15.4 Å². The molecule has 0 unspecified atom stereocenters. The molecule has 2 N–H and O–H groups in total. The molecule has 0 spiro atoms. The van der Waals surface area contributed by atoms with Gasteiger partial charge >= 0.3 is 0 Å². The summed E-state index contributed by atoms with van der Waals surface area (Å²) in [5, 5.41) is 6.30. The molecule has 0 saturated carbocycles. The van der Waals surface area contributed by atoms with Gasteiger partial charge in [-0.3, -0.25) is 4.99 Å². The van der Waals surface area contributed by atoms with Gasteiger partial charge in [-0.1, -0.05) is 0 Å². The summed E-state index contributed by atoms with van der Waals surface area (Å²) in [6.07, 6.45) is 1.20. The van der Waals surface area contributed by atoms with Crippen LogP contribution < -0.4 is 10.6 Å². The molecule has 108 valence electrons. The van der Waals surface area contributed by atoms with Crippen LogP contribution in [0.4, 0.5) is 0 Å². The quantitative estimate of drug-likeness (QED) is 0.407. The number of ether oxygens (including phenoxy) is 1. The first-order valence-electron chi connectivity index (χ1n) is 5.88. The van der Waals surface area contributed by atoms with Gasteiger partial charge in [-0.15, -0.1) is 0 Å². The van der Waals surface area contributed by atoms with Crippen molar-refractivity contribution >= 4 is 15.8 Å². The van der Waals surface area contributed by atoms with E-state index >= 15 is 0 Å². The minimum atomic E-state index is -2.94. The monoisotopic (exact) mass is 279 g/mol. The fraction of sp³-hybridized carbons (Fsp3) is 0.909. The topological polar surface area (TPSA) is 79.8 Å². The van der Waals surface area contributed by atoms with Crippen molar-refractivity contribution < 1.29 is 13.2 Å². The largest absolute Gasteiger partial charge is 0.379 e. The van der Waals surface area contributed by atoms with Gasteiger partial charge in [-0.25, -0.2) is 8.42 Å². The molecule has 0 aliphatic rings. The second kappa shape index (κ2) is 7.58.